The molecule has 0 aliphatic carbocycles. The second-order valence-corrected chi connectivity index (χ2v) is 7.52. The van der Waals surface area contributed by atoms with Crippen LogP contribution in [0.4, 0.5) is 0 Å². The van der Waals surface area contributed by atoms with Gasteiger partial charge < -0.3 is 19.7 Å². The Balaban J connectivity index is 0.00000106. The van der Waals surface area contributed by atoms with Gasteiger partial charge in [-0.25, -0.2) is 0 Å². The third-order valence-electron chi connectivity index (χ3n) is 4.91. The van der Waals surface area contributed by atoms with Crippen LogP contribution in [0, 0.1) is 18.8 Å². The number of halogens is 1. The van der Waals surface area contributed by atoms with Crippen molar-refractivity contribution in [3.63, 3.8) is 0 Å². The van der Waals surface area contributed by atoms with Gasteiger partial charge in [-0.3, -0.25) is 0 Å². The van der Waals surface area contributed by atoms with E-state index in [9.17, 15) is 5.11 Å². The average molecular weight is 433 g/mol. The summed E-state index contributed by atoms with van der Waals surface area (Å²) in [6.45, 7) is 4.94. The number of aliphatic hydroxyl groups is 2. The van der Waals surface area contributed by atoms with Crippen LogP contribution < -0.4 is 4.74 Å². The highest BCUT2D eigenvalue weighted by atomic mass is 35.5. The molecule has 30 heavy (non-hydrogen) atoms. The number of terminal acetylenes is 1. The van der Waals surface area contributed by atoms with E-state index in [1.165, 1.54) is 5.56 Å². The first kappa shape index (κ1) is 26.0. The lowest BCUT2D eigenvalue weighted by atomic mass is 9.89. The third kappa shape index (κ3) is 7.66. The van der Waals surface area contributed by atoms with E-state index in [1.807, 2.05) is 31.2 Å². The van der Waals surface area contributed by atoms with Crippen molar-refractivity contribution in [1.29, 1.82) is 0 Å². The fourth-order valence-electron chi connectivity index (χ4n) is 3.61. The molecule has 3 atom stereocenters. The van der Waals surface area contributed by atoms with Crippen molar-refractivity contribution in [2.75, 3.05) is 20.3 Å². The largest absolute Gasteiger partial charge is 0.494 e. The fraction of sp³-hybridized carbons (Fsp3) is 0.440. The normalized spacial score (nSPS) is 20.2. The van der Waals surface area contributed by atoms with E-state index in [0.717, 1.165) is 48.3 Å². The number of ether oxygens (including phenoxy) is 2. The maximum absolute atomic E-state index is 9.47. The second kappa shape index (κ2) is 14.1. The molecule has 0 amide bonds. The maximum atomic E-state index is 9.47. The fourth-order valence-corrected chi connectivity index (χ4v) is 3.79. The van der Waals surface area contributed by atoms with Gasteiger partial charge in [-0.2, -0.15) is 0 Å². The number of aliphatic hydroxyl groups excluding tert-OH is 2. The van der Waals surface area contributed by atoms with Gasteiger partial charge in [0.25, 0.3) is 0 Å². The Hall–Kier alpha value is -2.03. The van der Waals surface area contributed by atoms with Gasteiger partial charge in [-0.15, -0.1) is 12.8 Å². The summed E-state index contributed by atoms with van der Waals surface area (Å²) in [6, 6.07) is 14.3. The van der Waals surface area contributed by atoms with Crippen molar-refractivity contribution in [2.45, 2.75) is 45.3 Å². The Labute approximate surface area is 185 Å². The van der Waals surface area contributed by atoms with Gasteiger partial charge in [0.2, 0.25) is 0 Å². The minimum Gasteiger partial charge on any atom is -0.494 e. The van der Waals surface area contributed by atoms with E-state index < -0.39 is 0 Å². The molecule has 164 valence electrons. The Morgan fingerprint density at radius 1 is 1.10 bits per heavy atom. The zero-order chi connectivity index (χ0) is 22.5. The van der Waals surface area contributed by atoms with Gasteiger partial charge in [0.1, 0.15) is 5.75 Å². The summed E-state index contributed by atoms with van der Waals surface area (Å²) in [5.41, 5.74) is 3.43. The van der Waals surface area contributed by atoms with E-state index >= 15 is 0 Å². The molecule has 4 nitrogen and oxygen atoms in total. The highest BCUT2D eigenvalue weighted by Crippen LogP contribution is 2.36. The molecule has 0 radical (unpaired) electrons. The monoisotopic (exact) mass is 432 g/mol. The Morgan fingerprint density at radius 2 is 1.77 bits per heavy atom. The SMILES string of the molecule is C#C.CCOc1ccc(Cc2cc([C@H]3C[C@@H](C)C[C@@H](CO)O3)ccc2Cl)cc1.CO. The number of hydrogen-bond donors (Lipinski definition) is 2. The minimum absolute atomic E-state index is 0.0206. The lowest BCUT2D eigenvalue weighted by molar-refractivity contribution is -0.0900. The first-order valence-corrected chi connectivity index (χ1v) is 10.5. The maximum Gasteiger partial charge on any atom is 0.119 e. The molecule has 1 heterocycles. The summed E-state index contributed by atoms with van der Waals surface area (Å²) in [6.07, 6.45) is 10.6. The summed E-state index contributed by atoms with van der Waals surface area (Å²) < 4.78 is 11.6. The summed E-state index contributed by atoms with van der Waals surface area (Å²) in [4.78, 5) is 0. The van der Waals surface area contributed by atoms with Crippen LogP contribution in [0.5, 0.6) is 5.75 Å². The van der Waals surface area contributed by atoms with Gasteiger partial charge in [0.15, 0.2) is 0 Å². The van der Waals surface area contributed by atoms with Crippen molar-refractivity contribution in [3.8, 4) is 18.6 Å². The Morgan fingerprint density at radius 3 is 2.37 bits per heavy atom. The molecule has 5 heteroatoms. The van der Waals surface area contributed by atoms with Crippen LogP contribution in [0.3, 0.4) is 0 Å². The molecule has 0 aromatic heterocycles. The van der Waals surface area contributed by atoms with Crippen molar-refractivity contribution in [2.24, 2.45) is 5.92 Å². The molecule has 2 aromatic rings. The van der Waals surface area contributed by atoms with Gasteiger partial charge in [-0.1, -0.05) is 42.8 Å². The molecule has 1 fully saturated rings. The van der Waals surface area contributed by atoms with E-state index in [2.05, 4.69) is 38.0 Å². The van der Waals surface area contributed by atoms with Crippen LogP contribution in [-0.2, 0) is 11.2 Å². The van der Waals surface area contributed by atoms with Crippen LogP contribution in [0.1, 0.15) is 49.5 Å². The van der Waals surface area contributed by atoms with Gasteiger partial charge in [0.05, 0.1) is 25.4 Å². The van der Waals surface area contributed by atoms with Crippen molar-refractivity contribution >= 4 is 11.6 Å². The molecule has 3 rings (SSSR count). The van der Waals surface area contributed by atoms with E-state index in [4.69, 9.17) is 26.2 Å². The van der Waals surface area contributed by atoms with Crippen molar-refractivity contribution in [3.05, 3.63) is 64.2 Å². The molecule has 2 aromatic carbocycles. The zero-order valence-electron chi connectivity index (χ0n) is 18.1. The lowest BCUT2D eigenvalue weighted by Crippen LogP contribution is -2.29. The first-order valence-electron chi connectivity index (χ1n) is 10.1. The first-order chi connectivity index (χ1) is 14.6. The molecule has 1 saturated heterocycles. The van der Waals surface area contributed by atoms with Gasteiger partial charge in [0, 0.05) is 12.1 Å². The highest BCUT2D eigenvalue weighted by molar-refractivity contribution is 6.31. The average Bonchev–Trinajstić information content (AvgIpc) is 2.79. The summed E-state index contributed by atoms with van der Waals surface area (Å²) >= 11 is 6.45. The van der Waals surface area contributed by atoms with E-state index in [1.54, 1.807) is 0 Å². The lowest BCUT2D eigenvalue weighted by Gasteiger charge is -2.33. The topological polar surface area (TPSA) is 58.9 Å². The zero-order valence-corrected chi connectivity index (χ0v) is 18.8. The van der Waals surface area contributed by atoms with Crippen LogP contribution in [-0.4, -0.2) is 36.6 Å². The van der Waals surface area contributed by atoms with E-state index in [-0.39, 0.29) is 18.8 Å². The Bertz CT molecular complexity index is 757. The smallest absolute Gasteiger partial charge is 0.119 e. The quantitative estimate of drug-likeness (QED) is 0.628. The summed E-state index contributed by atoms with van der Waals surface area (Å²) in [5, 5.41) is 17.2. The second-order valence-electron chi connectivity index (χ2n) is 7.11. The van der Waals surface area contributed by atoms with Crippen LogP contribution in [0.15, 0.2) is 42.5 Å². The highest BCUT2D eigenvalue weighted by Gasteiger charge is 2.28. The molecule has 1 aliphatic rings. The molecule has 0 spiro atoms. The van der Waals surface area contributed by atoms with E-state index in [0.29, 0.717) is 12.5 Å². The molecule has 0 unspecified atom stereocenters. The number of benzene rings is 2. The summed E-state index contributed by atoms with van der Waals surface area (Å²) in [7, 11) is 1.00. The molecule has 0 saturated carbocycles. The predicted octanol–water partition coefficient (Wildman–Crippen LogP) is 5.04. The van der Waals surface area contributed by atoms with Gasteiger partial charge in [-0.05, 0) is 67.0 Å². The van der Waals surface area contributed by atoms with Crippen LogP contribution in [0.2, 0.25) is 5.02 Å². The standard InChI is InChI=1S/C22H27ClO3.C2H2.CH4O/c1-3-25-19-7-4-16(5-8-19)12-18-13-17(6-9-21(18)23)22-11-15(2)10-20(14-24)26-22;2*1-2/h4-9,13,15,20,22,24H,3,10-12,14H2,1-2H3;1-2H;2H,1H3/t15-,20-,22+;;/m0../s1. The molecule has 1 aliphatic heterocycles. The predicted molar refractivity (Wildman–Crippen MR) is 123 cm³/mol. The number of rotatable bonds is 6. The molecular formula is C25H33ClO4. The minimum atomic E-state index is -0.0750. The molecule has 2 N–H and O–H groups in total. The van der Waals surface area contributed by atoms with Crippen LogP contribution in [0.25, 0.3) is 0 Å². The van der Waals surface area contributed by atoms with Crippen molar-refractivity contribution in [1.82, 2.24) is 0 Å². The van der Waals surface area contributed by atoms with Gasteiger partial charge >= 0.3 is 0 Å². The Kier molecular flexibility index (Phi) is 12.2. The summed E-state index contributed by atoms with van der Waals surface area (Å²) in [5.74, 6) is 1.42. The molecular weight excluding hydrogens is 400 g/mol. The van der Waals surface area contributed by atoms with Crippen LogP contribution >= 0.6 is 11.6 Å². The van der Waals surface area contributed by atoms with Crippen molar-refractivity contribution < 1.29 is 19.7 Å². The number of hydrogen-bond acceptors (Lipinski definition) is 4. The third-order valence-corrected chi connectivity index (χ3v) is 5.28. The molecule has 0 bridgehead atoms.